The molecule has 4 fully saturated rings. The summed E-state index contributed by atoms with van der Waals surface area (Å²) in [5, 5.41) is 2.97. The van der Waals surface area contributed by atoms with E-state index in [0.29, 0.717) is 11.3 Å². The van der Waals surface area contributed by atoms with Crippen LogP contribution in [0.4, 0.5) is 0 Å². The Morgan fingerprint density at radius 2 is 2.19 bits per heavy atom. The highest BCUT2D eigenvalue weighted by Gasteiger charge is 2.62. The minimum absolute atomic E-state index is 0.0416. The number of hydrogen-bond donors (Lipinski definition) is 1. The number of benzene rings is 1. The predicted octanol–water partition coefficient (Wildman–Crippen LogP) is 4.60. The lowest BCUT2D eigenvalue weighted by Gasteiger charge is -2.60. The molecule has 1 N–H and O–H groups in total. The van der Waals surface area contributed by atoms with Crippen LogP contribution in [0.25, 0.3) is 11.0 Å². The highest BCUT2D eigenvalue weighted by Crippen LogP contribution is 2.61. The standard InChI is InChI=1S/C21H26BNO3S/c1-4-27-23-19(9-13-12-24-17-8-6-5-7-15(13)17)22-25-18-11-14-10-16(20(18)26-22)21(14,2)3/h4-8,12,14,16,18-20,23H,1,9-11H2,2-3H3/t14-,16?,18?,19?,20?/m0/s1. The van der Waals surface area contributed by atoms with Crippen LogP contribution in [0, 0.1) is 17.3 Å². The number of nitrogens with one attached hydrogen (secondary N) is 1. The van der Waals surface area contributed by atoms with Crippen molar-refractivity contribution in [3.8, 4) is 0 Å². The zero-order valence-electron chi connectivity index (χ0n) is 15.9. The molecule has 2 bridgehead atoms. The van der Waals surface area contributed by atoms with Gasteiger partial charge in [-0.25, -0.2) is 0 Å². The lowest BCUT2D eigenvalue weighted by molar-refractivity contribution is -0.150. The second-order valence-corrected chi connectivity index (χ2v) is 9.51. The summed E-state index contributed by atoms with van der Waals surface area (Å²) in [6.45, 7) is 8.59. The van der Waals surface area contributed by atoms with E-state index in [0.717, 1.165) is 29.7 Å². The van der Waals surface area contributed by atoms with E-state index in [1.165, 1.54) is 23.9 Å². The topological polar surface area (TPSA) is 43.6 Å². The highest BCUT2D eigenvalue weighted by molar-refractivity contribution is 8.00. The van der Waals surface area contributed by atoms with Crippen LogP contribution in [0.15, 0.2) is 46.9 Å². The van der Waals surface area contributed by atoms with Gasteiger partial charge in [0.2, 0.25) is 0 Å². The maximum Gasteiger partial charge on any atom is 0.477 e. The van der Waals surface area contributed by atoms with Crippen molar-refractivity contribution in [3.05, 3.63) is 48.1 Å². The Balaban J connectivity index is 1.36. The Hall–Kier alpha value is -1.21. The largest absolute Gasteiger partial charge is 0.477 e. The van der Waals surface area contributed by atoms with Crippen LogP contribution in [-0.4, -0.2) is 25.3 Å². The van der Waals surface area contributed by atoms with Crippen molar-refractivity contribution < 1.29 is 13.7 Å². The number of para-hydroxylation sites is 1. The van der Waals surface area contributed by atoms with Gasteiger partial charge in [-0.1, -0.05) is 50.6 Å². The van der Waals surface area contributed by atoms with Gasteiger partial charge in [0.25, 0.3) is 0 Å². The molecule has 0 spiro atoms. The summed E-state index contributed by atoms with van der Waals surface area (Å²) in [6.07, 6.45) is 5.54. The van der Waals surface area contributed by atoms with Crippen molar-refractivity contribution in [2.45, 2.75) is 51.3 Å². The van der Waals surface area contributed by atoms with Crippen molar-refractivity contribution in [2.24, 2.45) is 17.3 Å². The number of furan rings is 1. The smallest absolute Gasteiger partial charge is 0.464 e. The fraction of sp³-hybridized carbons (Fsp3) is 0.524. The van der Waals surface area contributed by atoms with Crippen LogP contribution >= 0.6 is 11.9 Å². The molecule has 5 atom stereocenters. The predicted molar refractivity (Wildman–Crippen MR) is 110 cm³/mol. The number of fused-ring (bicyclic) bond motifs is 1. The summed E-state index contributed by atoms with van der Waals surface area (Å²) >= 11 is 1.50. The van der Waals surface area contributed by atoms with Crippen LogP contribution < -0.4 is 4.72 Å². The Labute approximate surface area is 165 Å². The van der Waals surface area contributed by atoms with Crippen LogP contribution in [0.5, 0.6) is 0 Å². The minimum atomic E-state index is -0.240. The summed E-state index contributed by atoms with van der Waals surface area (Å²) in [5.41, 5.74) is 2.49. The van der Waals surface area contributed by atoms with Crippen molar-refractivity contribution in [3.63, 3.8) is 0 Å². The first-order valence-electron chi connectivity index (χ1n) is 9.86. The monoisotopic (exact) mass is 383 g/mol. The van der Waals surface area contributed by atoms with Gasteiger partial charge in [-0.3, -0.25) is 4.72 Å². The Bertz CT molecular complexity index is 853. The average molecular weight is 383 g/mol. The van der Waals surface area contributed by atoms with Gasteiger partial charge in [-0.15, -0.1) is 0 Å². The third-order valence-corrected chi connectivity index (χ3v) is 7.66. The van der Waals surface area contributed by atoms with E-state index in [1.54, 1.807) is 0 Å². The summed E-state index contributed by atoms with van der Waals surface area (Å²) < 4.78 is 22.1. The molecule has 1 aromatic heterocycles. The molecule has 3 saturated carbocycles. The summed E-state index contributed by atoms with van der Waals surface area (Å²) in [6, 6.07) is 8.17. The van der Waals surface area contributed by atoms with E-state index in [9.17, 15) is 0 Å². The Kier molecular flexibility index (Phi) is 4.43. The molecular formula is C21H26BNO3S. The van der Waals surface area contributed by atoms with E-state index >= 15 is 0 Å². The molecule has 1 aromatic carbocycles. The van der Waals surface area contributed by atoms with E-state index < -0.39 is 0 Å². The minimum Gasteiger partial charge on any atom is -0.464 e. The molecule has 2 aromatic rings. The third-order valence-electron chi connectivity index (χ3n) is 7.06. The Morgan fingerprint density at radius 1 is 1.33 bits per heavy atom. The zero-order valence-corrected chi connectivity index (χ0v) is 16.7. The molecule has 0 amide bonds. The first kappa shape index (κ1) is 17.9. The molecule has 4 unspecified atom stereocenters. The molecule has 1 saturated heterocycles. The maximum absolute atomic E-state index is 6.51. The summed E-state index contributed by atoms with van der Waals surface area (Å²) in [4.78, 5) is 0. The van der Waals surface area contributed by atoms with Crippen LogP contribution in [-0.2, 0) is 15.7 Å². The van der Waals surface area contributed by atoms with Crippen LogP contribution in [0.2, 0.25) is 0 Å². The van der Waals surface area contributed by atoms with Crippen molar-refractivity contribution >= 4 is 30.0 Å². The lowest BCUT2D eigenvalue weighted by Crippen LogP contribution is -2.59. The van der Waals surface area contributed by atoms with E-state index in [4.69, 9.17) is 13.7 Å². The average Bonchev–Trinajstić information content (AvgIpc) is 3.28. The normalized spacial score (nSPS) is 32.1. The van der Waals surface area contributed by atoms with E-state index in [2.05, 4.69) is 37.3 Å². The first-order valence-corrected chi connectivity index (χ1v) is 10.7. The molecule has 4 aliphatic rings. The van der Waals surface area contributed by atoms with Gasteiger partial charge in [0.05, 0.1) is 24.4 Å². The van der Waals surface area contributed by atoms with Crippen LogP contribution in [0.3, 0.4) is 0 Å². The molecule has 6 rings (SSSR count). The SMILES string of the molecule is C=CSNC(Cc1coc2ccccc12)B1OC2C[C@@H]3CC(C2O1)C3(C)C. The van der Waals surface area contributed by atoms with Gasteiger partial charge >= 0.3 is 7.12 Å². The Morgan fingerprint density at radius 3 is 3.00 bits per heavy atom. The van der Waals surface area contributed by atoms with Gasteiger partial charge in [0.15, 0.2) is 0 Å². The van der Waals surface area contributed by atoms with Gasteiger partial charge < -0.3 is 13.7 Å². The van der Waals surface area contributed by atoms with Gasteiger partial charge in [-0.2, -0.15) is 0 Å². The lowest BCUT2D eigenvalue weighted by atomic mass is 9.47. The van der Waals surface area contributed by atoms with Crippen molar-refractivity contribution in [2.75, 3.05) is 0 Å². The van der Waals surface area contributed by atoms with Gasteiger partial charge in [0.1, 0.15) is 5.58 Å². The number of rotatable bonds is 6. The fourth-order valence-electron chi connectivity index (χ4n) is 5.31. The van der Waals surface area contributed by atoms with Crippen molar-refractivity contribution in [1.82, 2.24) is 4.72 Å². The second-order valence-electron chi connectivity index (χ2n) is 8.71. The first-order chi connectivity index (χ1) is 13.1. The molecule has 2 heterocycles. The third kappa shape index (κ3) is 2.89. The van der Waals surface area contributed by atoms with Gasteiger partial charge in [0, 0.05) is 5.39 Å². The molecule has 6 heteroatoms. The second kappa shape index (κ2) is 6.69. The maximum atomic E-state index is 6.51. The van der Waals surface area contributed by atoms with Gasteiger partial charge in [-0.05, 0) is 53.6 Å². The quantitative estimate of drug-likeness (QED) is 0.583. The molecule has 1 aliphatic heterocycles. The number of hydrogen-bond acceptors (Lipinski definition) is 5. The van der Waals surface area contributed by atoms with Crippen molar-refractivity contribution in [1.29, 1.82) is 0 Å². The molecule has 3 aliphatic carbocycles. The molecule has 27 heavy (non-hydrogen) atoms. The van der Waals surface area contributed by atoms with E-state index in [1.807, 2.05) is 23.8 Å². The molecule has 0 radical (unpaired) electrons. The summed E-state index contributed by atoms with van der Waals surface area (Å²) in [5.74, 6) is 1.44. The van der Waals surface area contributed by atoms with E-state index in [-0.39, 0.29) is 25.3 Å². The molecular weight excluding hydrogens is 357 g/mol. The molecule has 142 valence electrons. The zero-order chi connectivity index (χ0) is 18.6. The fourth-order valence-corrected chi connectivity index (χ4v) is 5.77. The van der Waals surface area contributed by atoms with Crippen LogP contribution in [0.1, 0.15) is 32.3 Å². The summed E-state index contributed by atoms with van der Waals surface area (Å²) in [7, 11) is -0.240. The molecule has 4 nitrogen and oxygen atoms in total. The highest BCUT2D eigenvalue weighted by atomic mass is 32.2.